The third-order valence-corrected chi connectivity index (χ3v) is 11.8. The van der Waals surface area contributed by atoms with Crippen molar-refractivity contribution in [3.8, 4) is 33.4 Å². The third-order valence-electron chi connectivity index (χ3n) is 11.8. The number of hydrogen-bond donors (Lipinski definition) is 0. The van der Waals surface area contributed by atoms with Gasteiger partial charge < -0.3 is 9.32 Å². The molecule has 11 rings (SSSR count). The molecule has 1 heterocycles. The fraction of sp³-hybridized carbons (Fsp3) is 0.0566. The molecule has 1 aliphatic carbocycles. The van der Waals surface area contributed by atoms with Gasteiger partial charge in [-0.15, -0.1) is 0 Å². The number of furan rings is 1. The van der Waals surface area contributed by atoms with E-state index in [1.807, 2.05) is 6.07 Å². The van der Waals surface area contributed by atoms with E-state index in [4.69, 9.17) is 4.42 Å². The highest BCUT2D eigenvalue weighted by Gasteiger charge is 2.38. The van der Waals surface area contributed by atoms with Crippen molar-refractivity contribution in [2.75, 3.05) is 4.90 Å². The van der Waals surface area contributed by atoms with E-state index in [0.29, 0.717) is 0 Å². The van der Waals surface area contributed by atoms with Gasteiger partial charge in [-0.1, -0.05) is 172 Å². The molecule has 260 valence electrons. The Kier molecular flexibility index (Phi) is 6.93. The van der Waals surface area contributed by atoms with Crippen LogP contribution in [0.15, 0.2) is 192 Å². The molecule has 0 radical (unpaired) electrons. The lowest BCUT2D eigenvalue weighted by Gasteiger charge is -2.29. The van der Waals surface area contributed by atoms with Crippen LogP contribution in [0.25, 0.3) is 76.9 Å². The molecule has 55 heavy (non-hydrogen) atoms. The Labute approximate surface area is 320 Å². The van der Waals surface area contributed by atoms with Crippen molar-refractivity contribution >= 4 is 60.5 Å². The average molecular weight is 704 g/mol. The number of hydrogen-bond acceptors (Lipinski definition) is 2. The van der Waals surface area contributed by atoms with Gasteiger partial charge in [-0.25, -0.2) is 0 Å². The lowest BCUT2D eigenvalue weighted by atomic mass is 9.79. The van der Waals surface area contributed by atoms with E-state index < -0.39 is 0 Å². The highest BCUT2D eigenvalue weighted by Crippen LogP contribution is 2.56. The second kappa shape index (κ2) is 12.1. The van der Waals surface area contributed by atoms with E-state index in [0.717, 1.165) is 50.1 Å². The van der Waals surface area contributed by atoms with Gasteiger partial charge in [0.25, 0.3) is 0 Å². The number of benzene rings is 9. The maximum Gasteiger partial charge on any atom is 0.159 e. The first-order chi connectivity index (χ1) is 27.1. The zero-order valence-corrected chi connectivity index (χ0v) is 30.8. The SMILES string of the molecule is CC1(C)c2ccccc2-c2c(-c3ccc(N(c4ccccc4-c4ccccc4)c4cccc5c4oc4ccccc45)c4ccccc34)cc3ccccc3c21. The first-order valence-electron chi connectivity index (χ1n) is 19.1. The number of nitrogens with zero attached hydrogens (tertiary/aromatic N) is 1. The van der Waals surface area contributed by atoms with Gasteiger partial charge in [0.2, 0.25) is 0 Å². The quantitative estimate of drug-likeness (QED) is 0.177. The minimum absolute atomic E-state index is 0.138. The van der Waals surface area contributed by atoms with Crippen molar-refractivity contribution in [2.45, 2.75) is 19.3 Å². The van der Waals surface area contributed by atoms with E-state index in [9.17, 15) is 0 Å². The molecule has 9 aromatic carbocycles. The number of para-hydroxylation sites is 3. The summed E-state index contributed by atoms with van der Waals surface area (Å²) < 4.78 is 6.76. The van der Waals surface area contributed by atoms with E-state index >= 15 is 0 Å². The third kappa shape index (κ3) is 4.68. The Balaban J connectivity index is 1.22. The molecular formula is C53H37NO. The molecular weight excluding hydrogens is 667 g/mol. The molecule has 1 aliphatic rings. The smallest absolute Gasteiger partial charge is 0.159 e. The number of fused-ring (bicyclic) bond motifs is 9. The number of rotatable bonds is 5. The lowest BCUT2D eigenvalue weighted by Crippen LogP contribution is -2.15. The predicted molar refractivity (Wildman–Crippen MR) is 232 cm³/mol. The van der Waals surface area contributed by atoms with Crippen molar-refractivity contribution in [1.82, 2.24) is 0 Å². The molecule has 0 saturated carbocycles. The largest absolute Gasteiger partial charge is 0.454 e. The molecule has 0 fully saturated rings. The summed E-state index contributed by atoms with van der Waals surface area (Å²) in [7, 11) is 0. The Bertz CT molecular complexity index is 3130. The maximum atomic E-state index is 6.76. The molecule has 0 aliphatic heterocycles. The topological polar surface area (TPSA) is 16.4 Å². The summed E-state index contributed by atoms with van der Waals surface area (Å²) in [6.07, 6.45) is 0. The van der Waals surface area contributed by atoms with Gasteiger partial charge in [-0.05, 0) is 85.4 Å². The van der Waals surface area contributed by atoms with E-state index in [1.165, 1.54) is 54.9 Å². The standard InChI is InChI=1S/C53H37NO/c1-53(2)45-27-13-10-25-43(45)50-44(33-35-19-6-7-21-37(35)51(50)53)39-31-32-47(40-23-9-8-22-38(39)40)54(46-28-14-11-20-36(46)34-17-4-3-5-18-34)48-29-16-26-42-41-24-12-15-30-49(41)55-52(42)48/h3-33H,1-2H3. The highest BCUT2D eigenvalue weighted by atomic mass is 16.3. The first kappa shape index (κ1) is 31.6. The minimum atomic E-state index is -0.138. The second-order valence-corrected chi connectivity index (χ2v) is 15.2. The Hall–Kier alpha value is -6.90. The van der Waals surface area contributed by atoms with Crippen LogP contribution in [0.4, 0.5) is 17.1 Å². The fourth-order valence-electron chi connectivity index (χ4n) is 9.41. The van der Waals surface area contributed by atoms with Gasteiger partial charge in [0.15, 0.2) is 5.58 Å². The molecule has 0 N–H and O–H groups in total. The molecule has 0 saturated heterocycles. The van der Waals surface area contributed by atoms with Crippen LogP contribution in [0.2, 0.25) is 0 Å². The van der Waals surface area contributed by atoms with Crippen molar-refractivity contribution in [1.29, 1.82) is 0 Å². The summed E-state index contributed by atoms with van der Waals surface area (Å²) in [5.74, 6) is 0. The van der Waals surface area contributed by atoms with Gasteiger partial charge >= 0.3 is 0 Å². The van der Waals surface area contributed by atoms with Crippen LogP contribution >= 0.6 is 0 Å². The normalized spacial score (nSPS) is 13.1. The summed E-state index contributed by atoms with van der Waals surface area (Å²) in [6, 6.07) is 68.2. The predicted octanol–water partition coefficient (Wildman–Crippen LogP) is 15.0. The second-order valence-electron chi connectivity index (χ2n) is 15.2. The Morgan fingerprint density at radius 3 is 1.91 bits per heavy atom. The van der Waals surface area contributed by atoms with Crippen molar-refractivity contribution in [2.24, 2.45) is 0 Å². The van der Waals surface area contributed by atoms with Gasteiger partial charge in [0, 0.05) is 27.1 Å². The summed E-state index contributed by atoms with van der Waals surface area (Å²) in [6.45, 7) is 4.77. The van der Waals surface area contributed by atoms with Gasteiger partial charge in [0.1, 0.15) is 5.58 Å². The van der Waals surface area contributed by atoms with Crippen LogP contribution in [0.5, 0.6) is 0 Å². The zero-order chi connectivity index (χ0) is 36.7. The Morgan fingerprint density at radius 1 is 0.418 bits per heavy atom. The zero-order valence-electron chi connectivity index (χ0n) is 30.8. The van der Waals surface area contributed by atoms with Crippen LogP contribution in [0.3, 0.4) is 0 Å². The lowest BCUT2D eigenvalue weighted by molar-refractivity contribution is 0.666. The van der Waals surface area contributed by atoms with Crippen LogP contribution in [0.1, 0.15) is 25.0 Å². The average Bonchev–Trinajstić information content (AvgIpc) is 3.74. The first-order valence-corrected chi connectivity index (χ1v) is 19.1. The molecule has 2 heteroatoms. The van der Waals surface area contributed by atoms with Crippen LogP contribution in [-0.2, 0) is 5.41 Å². The van der Waals surface area contributed by atoms with Gasteiger partial charge in [-0.2, -0.15) is 0 Å². The highest BCUT2D eigenvalue weighted by molar-refractivity contribution is 6.15. The van der Waals surface area contributed by atoms with Crippen molar-refractivity contribution in [3.05, 3.63) is 199 Å². The summed E-state index contributed by atoms with van der Waals surface area (Å²) >= 11 is 0. The molecule has 0 spiro atoms. The van der Waals surface area contributed by atoms with Crippen LogP contribution < -0.4 is 4.90 Å². The van der Waals surface area contributed by atoms with E-state index in [1.54, 1.807) is 0 Å². The van der Waals surface area contributed by atoms with Crippen molar-refractivity contribution in [3.63, 3.8) is 0 Å². The van der Waals surface area contributed by atoms with Crippen molar-refractivity contribution < 1.29 is 4.42 Å². The van der Waals surface area contributed by atoms with E-state index in [2.05, 4.69) is 201 Å². The molecule has 0 atom stereocenters. The minimum Gasteiger partial charge on any atom is -0.454 e. The summed E-state index contributed by atoms with van der Waals surface area (Å²) in [5.41, 5.74) is 15.0. The van der Waals surface area contributed by atoms with Gasteiger partial charge in [-0.3, -0.25) is 0 Å². The Morgan fingerprint density at radius 2 is 1.05 bits per heavy atom. The number of anilines is 3. The van der Waals surface area contributed by atoms with Crippen LogP contribution in [-0.4, -0.2) is 0 Å². The summed E-state index contributed by atoms with van der Waals surface area (Å²) in [5, 5.41) is 7.18. The molecule has 1 aromatic heterocycles. The van der Waals surface area contributed by atoms with Gasteiger partial charge in [0.05, 0.1) is 17.1 Å². The molecule has 0 amide bonds. The summed E-state index contributed by atoms with van der Waals surface area (Å²) in [4.78, 5) is 2.42. The molecule has 0 unspecified atom stereocenters. The maximum absolute atomic E-state index is 6.76. The van der Waals surface area contributed by atoms with E-state index in [-0.39, 0.29) is 5.41 Å². The molecule has 10 aromatic rings. The molecule has 2 nitrogen and oxygen atoms in total. The van der Waals surface area contributed by atoms with Crippen LogP contribution in [0, 0.1) is 0 Å². The molecule has 0 bridgehead atoms. The fourth-order valence-corrected chi connectivity index (χ4v) is 9.41. The monoisotopic (exact) mass is 703 g/mol.